The standard InChI is InChI=1S/C16H25NO3S2/c1-13(2)11-15(14-7-5-4-6-8-14)17-16(18)12-21-9-10-22(3,19)20/h4-8,13,15H,9-12H2,1-3H3,(H,17,18). The molecular formula is C16H25NO3S2. The molecule has 0 saturated heterocycles. The number of amides is 1. The third-order valence-corrected chi connectivity index (χ3v) is 5.24. The summed E-state index contributed by atoms with van der Waals surface area (Å²) in [6, 6.07) is 9.93. The van der Waals surface area contributed by atoms with Gasteiger partial charge in [-0.05, 0) is 17.9 Å². The van der Waals surface area contributed by atoms with Crippen LogP contribution in [0.25, 0.3) is 0 Å². The molecule has 1 rings (SSSR count). The van der Waals surface area contributed by atoms with Crippen molar-refractivity contribution in [3.8, 4) is 0 Å². The quantitative estimate of drug-likeness (QED) is 0.700. The SMILES string of the molecule is CC(C)CC(NC(=O)CSCCS(C)(=O)=O)c1ccccc1. The summed E-state index contributed by atoms with van der Waals surface area (Å²) < 4.78 is 22.1. The molecule has 0 aliphatic carbocycles. The topological polar surface area (TPSA) is 63.2 Å². The van der Waals surface area contributed by atoms with E-state index in [0.717, 1.165) is 12.0 Å². The minimum atomic E-state index is -2.96. The maximum absolute atomic E-state index is 12.1. The average molecular weight is 344 g/mol. The zero-order valence-corrected chi connectivity index (χ0v) is 15.0. The highest BCUT2D eigenvalue weighted by atomic mass is 32.2. The van der Waals surface area contributed by atoms with Crippen molar-refractivity contribution in [3.63, 3.8) is 0 Å². The largest absolute Gasteiger partial charge is 0.349 e. The molecule has 4 nitrogen and oxygen atoms in total. The highest BCUT2D eigenvalue weighted by molar-refractivity contribution is 8.01. The van der Waals surface area contributed by atoms with E-state index in [1.807, 2.05) is 30.3 Å². The molecule has 0 saturated carbocycles. The van der Waals surface area contributed by atoms with Crippen molar-refractivity contribution in [3.05, 3.63) is 35.9 Å². The number of benzene rings is 1. The van der Waals surface area contributed by atoms with Gasteiger partial charge in [-0.25, -0.2) is 8.42 Å². The molecule has 1 unspecified atom stereocenters. The van der Waals surface area contributed by atoms with Crippen LogP contribution in [0.5, 0.6) is 0 Å². The van der Waals surface area contributed by atoms with Crippen LogP contribution in [-0.2, 0) is 14.6 Å². The van der Waals surface area contributed by atoms with Crippen LogP contribution >= 0.6 is 11.8 Å². The number of carbonyl (C=O) groups is 1. The van der Waals surface area contributed by atoms with E-state index in [0.29, 0.717) is 11.7 Å². The lowest BCUT2D eigenvalue weighted by molar-refractivity contribution is -0.119. The van der Waals surface area contributed by atoms with E-state index >= 15 is 0 Å². The van der Waals surface area contributed by atoms with Crippen molar-refractivity contribution in [1.29, 1.82) is 0 Å². The molecule has 1 N–H and O–H groups in total. The molecule has 0 radical (unpaired) electrons. The summed E-state index contributed by atoms with van der Waals surface area (Å²) in [6.07, 6.45) is 2.09. The molecule has 1 aromatic rings. The van der Waals surface area contributed by atoms with Gasteiger partial charge in [0.05, 0.1) is 17.5 Å². The van der Waals surface area contributed by atoms with Gasteiger partial charge in [0, 0.05) is 12.0 Å². The summed E-state index contributed by atoms with van der Waals surface area (Å²) in [5, 5.41) is 3.05. The normalized spacial score (nSPS) is 13.1. The molecule has 6 heteroatoms. The van der Waals surface area contributed by atoms with Gasteiger partial charge in [0.1, 0.15) is 9.84 Å². The average Bonchev–Trinajstić information content (AvgIpc) is 2.42. The van der Waals surface area contributed by atoms with Gasteiger partial charge < -0.3 is 5.32 Å². The number of carbonyl (C=O) groups excluding carboxylic acids is 1. The van der Waals surface area contributed by atoms with Gasteiger partial charge in [0.25, 0.3) is 0 Å². The number of thioether (sulfide) groups is 1. The van der Waals surface area contributed by atoms with E-state index in [1.54, 1.807) is 0 Å². The van der Waals surface area contributed by atoms with Gasteiger partial charge in [-0.2, -0.15) is 11.8 Å². The van der Waals surface area contributed by atoms with Crippen LogP contribution in [0.2, 0.25) is 0 Å². The van der Waals surface area contributed by atoms with E-state index in [4.69, 9.17) is 0 Å². The summed E-state index contributed by atoms with van der Waals surface area (Å²) in [6.45, 7) is 4.26. The second-order valence-corrected chi connectivity index (χ2v) is 9.21. The smallest absolute Gasteiger partial charge is 0.230 e. The van der Waals surface area contributed by atoms with Crippen molar-refractivity contribution < 1.29 is 13.2 Å². The summed E-state index contributed by atoms with van der Waals surface area (Å²) in [7, 11) is -2.96. The number of hydrogen-bond donors (Lipinski definition) is 1. The first-order valence-electron chi connectivity index (χ1n) is 7.37. The maximum Gasteiger partial charge on any atom is 0.230 e. The molecule has 0 spiro atoms. The molecular weight excluding hydrogens is 318 g/mol. The molecule has 1 atom stereocenters. The molecule has 0 bridgehead atoms. The molecule has 0 aliphatic rings. The fraction of sp³-hybridized carbons (Fsp3) is 0.562. The predicted octanol–water partition coefficient (Wildman–Crippen LogP) is 2.67. The van der Waals surface area contributed by atoms with Crippen LogP contribution in [0, 0.1) is 5.92 Å². The van der Waals surface area contributed by atoms with Gasteiger partial charge in [0.2, 0.25) is 5.91 Å². The van der Waals surface area contributed by atoms with E-state index in [2.05, 4.69) is 19.2 Å². The van der Waals surface area contributed by atoms with Gasteiger partial charge in [-0.1, -0.05) is 44.2 Å². The first kappa shape index (κ1) is 19.0. The fourth-order valence-corrected chi connectivity index (χ4v) is 4.14. The summed E-state index contributed by atoms with van der Waals surface area (Å²) >= 11 is 1.35. The Balaban J connectivity index is 2.50. The second-order valence-electron chi connectivity index (χ2n) is 5.84. The minimum Gasteiger partial charge on any atom is -0.349 e. The summed E-state index contributed by atoms with van der Waals surface area (Å²) in [4.78, 5) is 12.1. The molecule has 0 aromatic heterocycles. The van der Waals surface area contributed by atoms with Gasteiger partial charge in [0.15, 0.2) is 0 Å². The third kappa shape index (κ3) is 8.44. The van der Waals surface area contributed by atoms with Gasteiger partial charge in [-0.15, -0.1) is 0 Å². The maximum atomic E-state index is 12.1. The zero-order chi connectivity index (χ0) is 16.6. The van der Waals surface area contributed by atoms with Gasteiger partial charge in [-0.3, -0.25) is 4.79 Å². The Kier molecular flexibility index (Phi) is 7.96. The Labute approximate surface area is 138 Å². The Hall–Kier alpha value is -1.01. The van der Waals surface area contributed by atoms with Gasteiger partial charge >= 0.3 is 0 Å². The highest BCUT2D eigenvalue weighted by Gasteiger charge is 2.16. The monoisotopic (exact) mass is 343 g/mol. The molecule has 0 aliphatic heterocycles. The Morgan fingerprint density at radius 2 is 1.86 bits per heavy atom. The molecule has 22 heavy (non-hydrogen) atoms. The highest BCUT2D eigenvalue weighted by Crippen LogP contribution is 2.21. The van der Waals surface area contributed by atoms with Crippen molar-refractivity contribution in [2.75, 3.05) is 23.5 Å². The van der Waals surface area contributed by atoms with Crippen LogP contribution in [0.4, 0.5) is 0 Å². The van der Waals surface area contributed by atoms with Crippen LogP contribution in [0.15, 0.2) is 30.3 Å². The van der Waals surface area contributed by atoms with Crippen LogP contribution < -0.4 is 5.32 Å². The molecule has 1 aromatic carbocycles. The summed E-state index contributed by atoms with van der Waals surface area (Å²) in [5.41, 5.74) is 1.10. The molecule has 1 amide bonds. The zero-order valence-electron chi connectivity index (χ0n) is 13.4. The first-order chi connectivity index (χ1) is 10.3. The Bertz CT molecular complexity index is 556. The lowest BCUT2D eigenvalue weighted by Crippen LogP contribution is -2.31. The molecule has 0 heterocycles. The lowest BCUT2D eigenvalue weighted by atomic mass is 9.97. The van der Waals surface area contributed by atoms with Crippen molar-refractivity contribution in [2.45, 2.75) is 26.3 Å². The van der Waals surface area contributed by atoms with E-state index in [9.17, 15) is 13.2 Å². The van der Waals surface area contributed by atoms with E-state index in [-0.39, 0.29) is 23.5 Å². The summed E-state index contributed by atoms with van der Waals surface area (Å²) in [5.74, 6) is 1.28. The third-order valence-electron chi connectivity index (χ3n) is 3.08. The van der Waals surface area contributed by atoms with E-state index in [1.165, 1.54) is 18.0 Å². The van der Waals surface area contributed by atoms with Crippen molar-refractivity contribution >= 4 is 27.5 Å². The number of sulfone groups is 1. The van der Waals surface area contributed by atoms with Crippen LogP contribution in [-0.4, -0.2) is 37.8 Å². The van der Waals surface area contributed by atoms with Crippen molar-refractivity contribution in [1.82, 2.24) is 5.32 Å². The molecule has 0 fully saturated rings. The fourth-order valence-electron chi connectivity index (χ4n) is 2.05. The predicted molar refractivity (Wildman–Crippen MR) is 93.8 cm³/mol. The number of rotatable bonds is 9. The van der Waals surface area contributed by atoms with E-state index < -0.39 is 9.84 Å². The first-order valence-corrected chi connectivity index (χ1v) is 10.6. The second kappa shape index (κ2) is 9.20. The Morgan fingerprint density at radius 1 is 1.23 bits per heavy atom. The minimum absolute atomic E-state index is 0.00390. The Morgan fingerprint density at radius 3 is 2.41 bits per heavy atom. The number of hydrogen-bond acceptors (Lipinski definition) is 4. The van der Waals surface area contributed by atoms with Crippen LogP contribution in [0.1, 0.15) is 31.9 Å². The molecule has 124 valence electrons. The van der Waals surface area contributed by atoms with Crippen LogP contribution in [0.3, 0.4) is 0 Å². The number of nitrogens with one attached hydrogen (secondary N) is 1. The van der Waals surface area contributed by atoms with Crippen molar-refractivity contribution in [2.24, 2.45) is 5.92 Å². The lowest BCUT2D eigenvalue weighted by Gasteiger charge is -2.21.